The molecule has 2 N–H and O–H groups in total. The van der Waals surface area contributed by atoms with Crippen molar-refractivity contribution in [1.29, 1.82) is 0 Å². The fourth-order valence-corrected chi connectivity index (χ4v) is 2.52. The average Bonchev–Trinajstić information content (AvgIpc) is 2.63. The largest absolute Gasteiger partial charge is 0.382 e. The maximum Gasteiger partial charge on any atom is 0.220 e. The summed E-state index contributed by atoms with van der Waals surface area (Å²) in [4.78, 5) is 11.0. The van der Waals surface area contributed by atoms with Gasteiger partial charge in [0.05, 0.1) is 0 Å². The van der Waals surface area contributed by atoms with Crippen molar-refractivity contribution in [1.82, 2.24) is 5.32 Å². The number of carbonyl (C=O) groups is 1. The fourth-order valence-electron chi connectivity index (χ4n) is 1.70. The summed E-state index contributed by atoms with van der Waals surface area (Å²) in [7, 11) is 0. The van der Waals surface area contributed by atoms with Crippen molar-refractivity contribution in [3.05, 3.63) is 27.7 Å². The number of amides is 1. The third-order valence-corrected chi connectivity index (χ3v) is 3.45. The van der Waals surface area contributed by atoms with E-state index in [1.807, 2.05) is 18.2 Å². The van der Waals surface area contributed by atoms with Gasteiger partial charge in [0.25, 0.3) is 0 Å². The van der Waals surface area contributed by atoms with E-state index in [4.69, 9.17) is 11.6 Å². The van der Waals surface area contributed by atoms with E-state index < -0.39 is 0 Å². The summed E-state index contributed by atoms with van der Waals surface area (Å²) in [5.74, 6) is 0.141. The van der Waals surface area contributed by atoms with E-state index in [1.54, 1.807) is 0 Å². The second kappa shape index (κ2) is 5.06. The first kappa shape index (κ1) is 11.7. The van der Waals surface area contributed by atoms with Crippen molar-refractivity contribution < 1.29 is 4.79 Å². The van der Waals surface area contributed by atoms with Gasteiger partial charge in [-0.2, -0.15) is 0 Å². The van der Waals surface area contributed by atoms with Gasteiger partial charge in [-0.05, 0) is 40.5 Å². The molecule has 1 amide bonds. The first-order chi connectivity index (χ1) is 7.65. The van der Waals surface area contributed by atoms with Gasteiger partial charge in [-0.25, -0.2) is 0 Å². The molecule has 2 rings (SSSR count). The van der Waals surface area contributed by atoms with Crippen molar-refractivity contribution >= 4 is 39.1 Å². The third kappa shape index (κ3) is 2.89. The Labute approximate surface area is 108 Å². The minimum Gasteiger partial charge on any atom is -0.382 e. The van der Waals surface area contributed by atoms with Crippen LogP contribution >= 0.6 is 27.5 Å². The molecule has 16 heavy (non-hydrogen) atoms. The van der Waals surface area contributed by atoms with Crippen LogP contribution in [0.3, 0.4) is 0 Å². The van der Waals surface area contributed by atoms with Crippen LogP contribution in [-0.4, -0.2) is 18.5 Å². The third-order valence-electron chi connectivity index (χ3n) is 2.56. The quantitative estimate of drug-likeness (QED) is 0.901. The molecule has 1 aliphatic rings. The summed E-state index contributed by atoms with van der Waals surface area (Å²) in [6.45, 7) is 0.742. The van der Waals surface area contributed by atoms with Crippen LogP contribution in [0, 0.1) is 0 Å². The Hall–Kier alpha value is -0.740. The van der Waals surface area contributed by atoms with Gasteiger partial charge in [-0.3, -0.25) is 4.79 Å². The van der Waals surface area contributed by atoms with Crippen LogP contribution in [0.4, 0.5) is 5.69 Å². The Morgan fingerprint density at radius 1 is 1.56 bits per heavy atom. The highest BCUT2D eigenvalue weighted by atomic mass is 79.9. The Morgan fingerprint density at radius 3 is 3.00 bits per heavy atom. The molecule has 0 aromatic heterocycles. The molecule has 0 spiro atoms. The lowest BCUT2D eigenvalue weighted by Gasteiger charge is -2.13. The first-order valence-corrected chi connectivity index (χ1v) is 6.30. The van der Waals surface area contributed by atoms with Gasteiger partial charge >= 0.3 is 0 Å². The molecule has 0 radical (unpaired) electrons. The zero-order chi connectivity index (χ0) is 11.5. The Balaban J connectivity index is 1.92. The molecule has 1 saturated heterocycles. The molecule has 0 saturated carbocycles. The molecule has 86 valence electrons. The van der Waals surface area contributed by atoms with Gasteiger partial charge in [0.1, 0.15) is 0 Å². The zero-order valence-electron chi connectivity index (χ0n) is 8.59. The van der Waals surface area contributed by atoms with E-state index in [1.165, 1.54) is 0 Å². The van der Waals surface area contributed by atoms with Crippen LogP contribution in [-0.2, 0) is 4.79 Å². The topological polar surface area (TPSA) is 41.1 Å². The molecular formula is C11H12BrClN2O. The van der Waals surface area contributed by atoms with Crippen LogP contribution < -0.4 is 10.6 Å². The Morgan fingerprint density at radius 2 is 2.38 bits per heavy atom. The molecule has 0 aliphatic carbocycles. The van der Waals surface area contributed by atoms with Crippen molar-refractivity contribution in [3.63, 3.8) is 0 Å². The number of halogens is 2. The van der Waals surface area contributed by atoms with Crippen molar-refractivity contribution in [2.45, 2.75) is 18.9 Å². The molecule has 1 aromatic carbocycles. The normalized spacial score (nSPS) is 19.6. The van der Waals surface area contributed by atoms with Crippen molar-refractivity contribution in [2.75, 3.05) is 11.9 Å². The summed E-state index contributed by atoms with van der Waals surface area (Å²) < 4.78 is 0.935. The van der Waals surface area contributed by atoms with Crippen LogP contribution in [0.5, 0.6) is 0 Å². The van der Waals surface area contributed by atoms with E-state index in [2.05, 4.69) is 26.6 Å². The number of anilines is 1. The molecule has 1 aromatic rings. The highest BCUT2D eigenvalue weighted by Crippen LogP contribution is 2.26. The Bertz CT molecular complexity index is 411. The smallest absolute Gasteiger partial charge is 0.220 e. The Kier molecular flexibility index (Phi) is 3.71. The number of hydrogen-bond donors (Lipinski definition) is 2. The molecular weight excluding hydrogens is 291 g/mol. The minimum absolute atomic E-state index is 0.141. The molecule has 1 heterocycles. The zero-order valence-corrected chi connectivity index (χ0v) is 10.9. The number of rotatable bonds is 3. The molecule has 3 nitrogen and oxygen atoms in total. The number of carbonyl (C=O) groups excluding carboxylic acids is 1. The van der Waals surface area contributed by atoms with Gasteiger partial charge in [-0.15, -0.1) is 0 Å². The van der Waals surface area contributed by atoms with Crippen molar-refractivity contribution in [2.24, 2.45) is 0 Å². The SMILES string of the molecule is O=C1CCC(CNc2ccc(Cl)cc2Br)N1. The van der Waals surface area contributed by atoms with Crippen LogP contribution in [0.2, 0.25) is 5.02 Å². The van der Waals surface area contributed by atoms with Crippen molar-refractivity contribution in [3.8, 4) is 0 Å². The van der Waals surface area contributed by atoms with Gasteiger partial charge in [0, 0.05) is 34.2 Å². The maximum atomic E-state index is 11.0. The summed E-state index contributed by atoms with van der Waals surface area (Å²) in [6.07, 6.45) is 1.53. The van der Waals surface area contributed by atoms with E-state index in [0.29, 0.717) is 11.4 Å². The minimum atomic E-state index is 0.141. The summed E-state index contributed by atoms with van der Waals surface area (Å²) in [5, 5.41) is 6.90. The summed E-state index contributed by atoms with van der Waals surface area (Å²) in [6, 6.07) is 5.83. The van der Waals surface area contributed by atoms with E-state index in [-0.39, 0.29) is 11.9 Å². The predicted molar refractivity (Wildman–Crippen MR) is 68.8 cm³/mol. The lowest BCUT2D eigenvalue weighted by molar-refractivity contribution is -0.119. The molecule has 1 fully saturated rings. The summed E-state index contributed by atoms with van der Waals surface area (Å²) >= 11 is 9.28. The number of hydrogen-bond acceptors (Lipinski definition) is 2. The van der Waals surface area contributed by atoms with Gasteiger partial charge in [-0.1, -0.05) is 11.6 Å². The van der Waals surface area contributed by atoms with E-state index >= 15 is 0 Å². The molecule has 1 aliphatic heterocycles. The van der Waals surface area contributed by atoms with Crippen LogP contribution in [0.25, 0.3) is 0 Å². The number of nitrogens with one attached hydrogen (secondary N) is 2. The van der Waals surface area contributed by atoms with Gasteiger partial charge in [0.15, 0.2) is 0 Å². The summed E-state index contributed by atoms with van der Waals surface area (Å²) in [5.41, 5.74) is 0.991. The second-order valence-corrected chi connectivity index (χ2v) is 5.10. The first-order valence-electron chi connectivity index (χ1n) is 5.13. The molecule has 5 heteroatoms. The van der Waals surface area contributed by atoms with E-state index in [0.717, 1.165) is 23.1 Å². The fraction of sp³-hybridized carbons (Fsp3) is 0.364. The standard InChI is InChI=1S/C11H12BrClN2O/c12-9-5-7(13)1-3-10(9)14-6-8-2-4-11(16)15-8/h1,3,5,8,14H,2,4,6H2,(H,15,16). The molecule has 1 atom stereocenters. The van der Waals surface area contributed by atoms with Crippen LogP contribution in [0.15, 0.2) is 22.7 Å². The average molecular weight is 304 g/mol. The number of benzene rings is 1. The second-order valence-electron chi connectivity index (χ2n) is 3.81. The van der Waals surface area contributed by atoms with E-state index in [9.17, 15) is 4.79 Å². The highest BCUT2D eigenvalue weighted by Gasteiger charge is 2.20. The van der Waals surface area contributed by atoms with Gasteiger partial charge < -0.3 is 10.6 Å². The van der Waals surface area contributed by atoms with Crippen LogP contribution in [0.1, 0.15) is 12.8 Å². The van der Waals surface area contributed by atoms with Gasteiger partial charge in [0.2, 0.25) is 5.91 Å². The predicted octanol–water partition coefficient (Wildman–Crippen LogP) is 2.79. The highest BCUT2D eigenvalue weighted by molar-refractivity contribution is 9.10. The molecule has 1 unspecified atom stereocenters. The maximum absolute atomic E-state index is 11.0. The molecule has 0 bridgehead atoms. The lowest BCUT2D eigenvalue weighted by Crippen LogP contribution is -2.31. The monoisotopic (exact) mass is 302 g/mol. The lowest BCUT2D eigenvalue weighted by atomic mass is 10.2.